The molecule has 1 fully saturated rings. The van der Waals surface area contributed by atoms with Gasteiger partial charge in [-0.1, -0.05) is 36.4 Å². The summed E-state index contributed by atoms with van der Waals surface area (Å²) in [6.45, 7) is 6.80. The largest absolute Gasteiger partial charge is 0.497 e. The molecule has 0 aromatic heterocycles. The molecule has 8 nitrogen and oxygen atoms in total. The van der Waals surface area contributed by atoms with Crippen LogP contribution in [0.2, 0.25) is 0 Å². The molecule has 0 bridgehead atoms. The van der Waals surface area contributed by atoms with Crippen molar-refractivity contribution in [3.8, 4) is 17.2 Å². The molecule has 39 heavy (non-hydrogen) atoms. The number of hydrogen-bond donors (Lipinski definition) is 1. The minimum Gasteiger partial charge on any atom is -0.497 e. The third-order valence-corrected chi connectivity index (χ3v) is 7.53. The van der Waals surface area contributed by atoms with Crippen molar-refractivity contribution in [2.75, 3.05) is 38.9 Å². The lowest BCUT2D eigenvalue weighted by atomic mass is 9.82. The fourth-order valence-electron chi connectivity index (χ4n) is 5.67. The molecular weight excluding hydrogens is 496 g/mol. The first-order chi connectivity index (χ1) is 18.9. The van der Waals surface area contributed by atoms with Crippen molar-refractivity contribution in [1.29, 1.82) is 0 Å². The Morgan fingerprint density at radius 3 is 2.36 bits per heavy atom. The molecule has 5 rings (SSSR count). The van der Waals surface area contributed by atoms with Crippen molar-refractivity contribution in [3.63, 3.8) is 0 Å². The van der Waals surface area contributed by atoms with Gasteiger partial charge in [0.05, 0.1) is 26.2 Å². The van der Waals surface area contributed by atoms with E-state index in [1.54, 1.807) is 14.0 Å². The fraction of sp³-hybridized carbons (Fsp3) is 0.355. The summed E-state index contributed by atoms with van der Waals surface area (Å²) in [6.07, 6.45) is 0. The van der Waals surface area contributed by atoms with Gasteiger partial charge in [-0.25, -0.2) is 0 Å². The minimum absolute atomic E-state index is 0.113. The van der Waals surface area contributed by atoms with Crippen molar-refractivity contribution in [1.82, 2.24) is 4.90 Å². The highest BCUT2D eigenvalue weighted by Crippen LogP contribution is 2.48. The molecule has 3 atom stereocenters. The van der Waals surface area contributed by atoms with Gasteiger partial charge < -0.3 is 24.3 Å². The molecule has 0 aliphatic carbocycles. The van der Waals surface area contributed by atoms with E-state index in [0.29, 0.717) is 18.0 Å². The van der Waals surface area contributed by atoms with Crippen LogP contribution in [0.1, 0.15) is 41.1 Å². The number of nitrogens with zero attached hydrogens (tertiary/aromatic N) is 1. The van der Waals surface area contributed by atoms with Crippen molar-refractivity contribution in [2.45, 2.75) is 32.7 Å². The van der Waals surface area contributed by atoms with Crippen LogP contribution >= 0.6 is 0 Å². The van der Waals surface area contributed by atoms with Crippen LogP contribution in [0, 0.1) is 19.8 Å². The lowest BCUT2D eigenvalue weighted by Crippen LogP contribution is -2.35. The van der Waals surface area contributed by atoms with Gasteiger partial charge in [0.2, 0.25) is 12.7 Å². The topological polar surface area (TPSA) is 86.3 Å². The van der Waals surface area contributed by atoms with Gasteiger partial charge in [0, 0.05) is 24.2 Å². The van der Waals surface area contributed by atoms with Crippen molar-refractivity contribution in [3.05, 3.63) is 82.9 Å². The van der Waals surface area contributed by atoms with Crippen LogP contribution in [0.4, 0.5) is 5.69 Å². The van der Waals surface area contributed by atoms with E-state index in [1.165, 1.54) is 0 Å². The Hall–Kier alpha value is -4.04. The molecule has 2 heterocycles. The molecule has 3 aromatic carbocycles. The normalized spacial score (nSPS) is 20.1. The molecule has 0 radical (unpaired) electrons. The van der Waals surface area contributed by atoms with Crippen molar-refractivity contribution < 1.29 is 28.5 Å². The number of aryl methyl sites for hydroxylation is 2. The average molecular weight is 531 g/mol. The Bertz CT molecular complexity index is 1340. The number of likely N-dealkylation sites (tertiary alicyclic amines) is 1. The summed E-state index contributed by atoms with van der Waals surface area (Å²) >= 11 is 0. The number of hydrogen-bond acceptors (Lipinski definition) is 7. The number of carbonyl (C=O) groups excluding carboxylic acids is 2. The number of methoxy groups -OCH3 is 1. The summed E-state index contributed by atoms with van der Waals surface area (Å²) in [7, 11) is 1.62. The summed E-state index contributed by atoms with van der Waals surface area (Å²) in [4.78, 5) is 29.0. The maximum absolute atomic E-state index is 13.6. The first-order valence-corrected chi connectivity index (χ1v) is 13.2. The predicted molar refractivity (Wildman–Crippen MR) is 147 cm³/mol. The number of esters is 1. The van der Waals surface area contributed by atoms with E-state index >= 15 is 0 Å². The average Bonchev–Trinajstić information content (AvgIpc) is 3.55. The minimum atomic E-state index is -0.535. The quantitative estimate of drug-likeness (QED) is 0.410. The van der Waals surface area contributed by atoms with Gasteiger partial charge in [-0.05, 0) is 67.3 Å². The predicted octanol–water partition coefficient (Wildman–Crippen LogP) is 5.00. The standard InChI is InChI=1S/C31H34N2O6/c1-5-37-31(35)28-24(22-11-14-25-26(15-22)39-18-38-25)16-33(30(28)21-9-12-23(36-4)13-10-21)17-27(34)32-29-19(2)7-6-8-20(29)3/h6-15,24,28,30H,5,16-18H2,1-4H3,(H,32,34)/t24-,28-,30+/m1/s1. The SMILES string of the molecule is CCOC(=O)[C@@H]1[C@@H](c2ccc3c(c2)OCO3)CN(CC(=O)Nc2c(C)cccc2C)[C@H]1c1ccc(OC)cc1. The van der Waals surface area contributed by atoms with E-state index in [1.807, 2.05) is 74.5 Å². The number of anilines is 1. The summed E-state index contributed by atoms with van der Waals surface area (Å²) < 4.78 is 22.1. The molecule has 1 amide bonds. The van der Waals surface area contributed by atoms with Crippen LogP contribution in [0.3, 0.4) is 0 Å². The Balaban J connectivity index is 1.51. The van der Waals surface area contributed by atoms with E-state index in [4.69, 9.17) is 18.9 Å². The molecule has 1 N–H and O–H groups in total. The molecule has 3 aromatic rings. The second kappa shape index (κ2) is 11.4. The number of carbonyl (C=O) groups is 2. The zero-order valence-corrected chi connectivity index (χ0v) is 22.7. The zero-order valence-electron chi connectivity index (χ0n) is 22.7. The first-order valence-electron chi connectivity index (χ1n) is 13.2. The molecule has 0 saturated carbocycles. The molecule has 2 aliphatic heterocycles. The molecule has 8 heteroatoms. The van der Waals surface area contributed by atoms with Gasteiger partial charge in [-0.2, -0.15) is 0 Å². The van der Waals surface area contributed by atoms with Gasteiger partial charge in [-0.3, -0.25) is 14.5 Å². The Kier molecular flexibility index (Phi) is 7.74. The zero-order chi connectivity index (χ0) is 27.5. The van der Waals surface area contributed by atoms with Crippen molar-refractivity contribution >= 4 is 17.6 Å². The van der Waals surface area contributed by atoms with Gasteiger partial charge in [0.1, 0.15) is 5.75 Å². The molecule has 2 aliphatic rings. The Morgan fingerprint density at radius 1 is 0.974 bits per heavy atom. The molecule has 0 unspecified atom stereocenters. The number of nitrogens with one attached hydrogen (secondary N) is 1. The second-order valence-corrected chi connectivity index (χ2v) is 9.96. The smallest absolute Gasteiger partial charge is 0.311 e. The molecule has 204 valence electrons. The van der Waals surface area contributed by atoms with Gasteiger partial charge >= 0.3 is 5.97 Å². The van der Waals surface area contributed by atoms with Crippen LogP contribution in [0.25, 0.3) is 0 Å². The van der Waals surface area contributed by atoms with Gasteiger partial charge in [0.25, 0.3) is 0 Å². The Morgan fingerprint density at radius 2 is 1.67 bits per heavy atom. The monoisotopic (exact) mass is 530 g/mol. The van der Waals surface area contributed by atoms with Gasteiger partial charge in [-0.15, -0.1) is 0 Å². The highest BCUT2D eigenvalue weighted by atomic mass is 16.7. The molecule has 0 spiro atoms. The maximum Gasteiger partial charge on any atom is 0.311 e. The van der Waals surface area contributed by atoms with E-state index in [9.17, 15) is 9.59 Å². The summed E-state index contributed by atoms with van der Waals surface area (Å²) in [6, 6.07) is 19.0. The third kappa shape index (κ3) is 5.43. The molecule has 1 saturated heterocycles. The Labute approximate surface area is 228 Å². The number of amides is 1. The van der Waals surface area contributed by atoms with Crippen LogP contribution in [0.15, 0.2) is 60.7 Å². The van der Waals surface area contributed by atoms with Gasteiger partial charge in [0.15, 0.2) is 11.5 Å². The van der Waals surface area contributed by atoms with Crippen LogP contribution in [-0.4, -0.2) is 50.4 Å². The van der Waals surface area contributed by atoms with E-state index in [2.05, 4.69) is 10.2 Å². The summed E-state index contributed by atoms with van der Waals surface area (Å²) in [5, 5.41) is 3.10. The van der Waals surface area contributed by atoms with Crippen LogP contribution < -0.4 is 19.5 Å². The number of rotatable bonds is 8. The highest BCUT2D eigenvalue weighted by molar-refractivity contribution is 5.94. The van der Waals surface area contributed by atoms with E-state index in [0.717, 1.165) is 33.7 Å². The lowest BCUT2D eigenvalue weighted by molar-refractivity contribution is -0.149. The number of fused-ring (bicyclic) bond motifs is 1. The summed E-state index contributed by atoms with van der Waals surface area (Å²) in [5.41, 5.74) is 4.67. The first kappa shape index (κ1) is 26.6. The van der Waals surface area contributed by atoms with Crippen LogP contribution in [0.5, 0.6) is 17.2 Å². The van der Waals surface area contributed by atoms with Crippen LogP contribution in [-0.2, 0) is 14.3 Å². The summed E-state index contributed by atoms with van der Waals surface area (Å²) in [5.74, 6) is 0.864. The van der Waals surface area contributed by atoms with Crippen molar-refractivity contribution in [2.24, 2.45) is 5.92 Å². The number of ether oxygens (including phenoxy) is 4. The second-order valence-electron chi connectivity index (χ2n) is 9.96. The number of benzene rings is 3. The highest BCUT2D eigenvalue weighted by Gasteiger charge is 2.48. The third-order valence-electron chi connectivity index (χ3n) is 7.53. The lowest BCUT2D eigenvalue weighted by Gasteiger charge is -2.28. The van der Waals surface area contributed by atoms with E-state index in [-0.39, 0.29) is 43.8 Å². The number of para-hydroxylation sites is 1. The fourth-order valence-corrected chi connectivity index (χ4v) is 5.67. The molecular formula is C31H34N2O6. The van der Waals surface area contributed by atoms with E-state index < -0.39 is 5.92 Å². The maximum atomic E-state index is 13.6.